The van der Waals surface area contributed by atoms with Gasteiger partial charge in [0.25, 0.3) is 0 Å². The Balaban J connectivity index is 1.54. The van der Waals surface area contributed by atoms with Gasteiger partial charge >= 0.3 is 5.97 Å². The van der Waals surface area contributed by atoms with Gasteiger partial charge in [0.2, 0.25) is 5.91 Å². The Hall–Kier alpha value is -2.89. The van der Waals surface area contributed by atoms with Crippen molar-refractivity contribution < 1.29 is 23.8 Å². The first kappa shape index (κ1) is 16.6. The summed E-state index contributed by atoms with van der Waals surface area (Å²) in [5, 5.41) is 9.34. The van der Waals surface area contributed by atoms with Crippen LogP contribution in [0.5, 0.6) is 5.75 Å². The Morgan fingerprint density at radius 1 is 1.15 bits per heavy atom. The summed E-state index contributed by atoms with van der Waals surface area (Å²) in [7, 11) is 0. The van der Waals surface area contributed by atoms with Gasteiger partial charge in [-0.25, -0.2) is 9.18 Å². The van der Waals surface area contributed by atoms with Crippen LogP contribution in [0.25, 0.3) is 0 Å². The molecule has 1 amide bonds. The van der Waals surface area contributed by atoms with Gasteiger partial charge in [-0.05, 0) is 46.9 Å². The maximum absolute atomic E-state index is 14.0. The lowest BCUT2D eigenvalue weighted by molar-refractivity contribution is -0.131. The first-order valence-corrected chi connectivity index (χ1v) is 8.59. The number of carboxylic acid groups (broad SMARTS) is 1. The van der Waals surface area contributed by atoms with Crippen molar-refractivity contribution in [3.63, 3.8) is 0 Å². The van der Waals surface area contributed by atoms with Crippen molar-refractivity contribution >= 4 is 11.9 Å². The summed E-state index contributed by atoms with van der Waals surface area (Å²) in [6.07, 6.45) is 1.40. The predicted molar refractivity (Wildman–Crippen MR) is 91.8 cm³/mol. The van der Waals surface area contributed by atoms with Crippen molar-refractivity contribution in [2.75, 3.05) is 13.2 Å². The van der Waals surface area contributed by atoms with Gasteiger partial charge in [-0.1, -0.05) is 12.1 Å². The fraction of sp³-hybridized carbons (Fsp3) is 0.300. The molecule has 26 heavy (non-hydrogen) atoms. The van der Waals surface area contributed by atoms with Crippen LogP contribution in [0.2, 0.25) is 0 Å². The number of hydrogen-bond donors (Lipinski definition) is 1. The highest BCUT2D eigenvalue weighted by molar-refractivity contribution is 5.90. The van der Waals surface area contributed by atoms with Gasteiger partial charge < -0.3 is 14.7 Å². The second-order valence-electron chi connectivity index (χ2n) is 6.64. The molecule has 0 atom stereocenters. The molecule has 0 saturated carbocycles. The third-order valence-corrected chi connectivity index (χ3v) is 5.05. The number of ether oxygens (including phenoxy) is 1. The molecule has 1 N–H and O–H groups in total. The number of aromatic carboxylic acids is 1. The summed E-state index contributed by atoms with van der Waals surface area (Å²) in [5.41, 5.74) is 2.88. The average molecular weight is 355 g/mol. The van der Waals surface area contributed by atoms with Crippen LogP contribution in [0, 0.1) is 5.82 Å². The summed E-state index contributed by atoms with van der Waals surface area (Å²) < 4.78 is 19.5. The average Bonchev–Trinajstić information content (AvgIpc) is 3.09. The van der Waals surface area contributed by atoms with Crippen LogP contribution in [0.1, 0.15) is 32.6 Å². The van der Waals surface area contributed by atoms with Crippen LogP contribution in [-0.4, -0.2) is 35.0 Å². The van der Waals surface area contributed by atoms with Crippen molar-refractivity contribution in [3.8, 4) is 5.75 Å². The van der Waals surface area contributed by atoms with Crippen molar-refractivity contribution in [1.29, 1.82) is 0 Å². The van der Waals surface area contributed by atoms with Gasteiger partial charge in [-0.3, -0.25) is 4.79 Å². The van der Waals surface area contributed by atoms with Crippen molar-refractivity contribution in [2.45, 2.75) is 25.8 Å². The molecular formula is C20H18FNO4. The molecule has 0 unspecified atom stereocenters. The number of rotatable bonds is 3. The molecule has 4 rings (SSSR count). The first-order valence-electron chi connectivity index (χ1n) is 8.59. The van der Waals surface area contributed by atoms with Gasteiger partial charge in [0.15, 0.2) is 0 Å². The Labute approximate surface area is 150 Å². The Bertz CT molecular complexity index is 909. The minimum atomic E-state index is -1.10. The lowest BCUT2D eigenvalue weighted by Gasteiger charge is -2.30. The van der Waals surface area contributed by atoms with Crippen LogP contribution in [0.15, 0.2) is 30.3 Å². The topological polar surface area (TPSA) is 66.8 Å². The first-order chi connectivity index (χ1) is 12.5. The van der Waals surface area contributed by atoms with E-state index in [1.165, 1.54) is 12.1 Å². The standard InChI is InChI=1S/C20H18FNO4/c21-17-3-2-15(20(24)25)16-11-22(7-5-14(16)17)19(23)10-12-1-4-18-13(9-12)6-8-26-18/h1-4,9H,5-8,10-11H2,(H,24,25). The molecule has 2 aliphatic heterocycles. The fourth-order valence-electron chi connectivity index (χ4n) is 3.68. The van der Waals surface area contributed by atoms with E-state index in [2.05, 4.69) is 0 Å². The van der Waals surface area contributed by atoms with Crippen LogP contribution >= 0.6 is 0 Å². The van der Waals surface area contributed by atoms with Gasteiger partial charge in [-0.15, -0.1) is 0 Å². The molecule has 0 bridgehead atoms. The van der Waals surface area contributed by atoms with Crippen molar-refractivity contribution in [1.82, 2.24) is 4.90 Å². The predicted octanol–water partition coefficient (Wildman–Crippen LogP) is 2.59. The number of fused-ring (bicyclic) bond motifs is 2. The molecule has 134 valence electrons. The highest BCUT2D eigenvalue weighted by atomic mass is 19.1. The van der Waals surface area contributed by atoms with Gasteiger partial charge in [0, 0.05) is 19.5 Å². The van der Waals surface area contributed by atoms with Gasteiger partial charge in [0.1, 0.15) is 11.6 Å². The number of nitrogens with zero attached hydrogens (tertiary/aromatic N) is 1. The smallest absolute Gasteiger partial charge is 0.336 e. The largest absolute Gasteiger partial charge is 0.493 e. The number of carboxylic acids is 1. The summed E-state index contributed by atoms with van der Waals surface area (Å²) in [4.78, 5) is 25.7. The molecule has 2 heterocycles. The monoisotopic (exact) mass is 355 g/mol. The Kier molecular flexibility index (Phi) is 4.11. The van der Waals surface area contributed by atoms with Gasteiger partial charge in [0.05, 0.1) is 18.6 Å². The molecule has 6 heteroatoms. The number of benzene rings is 2. The Morgan fingerprint density at radius 2 is 2.00 bits per heavy atom. The maximum Gasteiger partial charge on any atom is 0.336 e. The molecule has 0 fully saturated rings. The zero-order chi connectivity index (χ0) is 18.3. The molecule has 5 nitrogen and oxygen atoms in total. The Morgan fingerprint density at radius 3 is 2.81 bits per heavy atom. The summed E-state index contributed by atoms with van der Waals surface area (Å²) in [6, 6.07) is 8.20. The summed E-state index contributed by atoms with van der Waals surface area (Å²) in [6.45, 7) is 1.18. The molecule has 0 radical (unpaired) electrons. The normalized spacial score (nSPS) is 15.2. The number of amides is 1. The van der Waals surface area contributed by atoms with E-state index in [1.807, 2.05) is 18.2 Å². The summed E-state index contributed by atoms with van der Waals surface area (Å²) in [5.74, 6) is -0.727. The van der Waals surface area contributed by atoms with E-state index < -0.39 is 11.8 Å². The molecule has 2 aromatic carbocycles. The molecule has 0 aromatic heterocycles. The zero-order valence-corrected chi connectivity index (χ0v) is 14.1. The van der Waals surface area contributed by atoms with Crippen LogP contribution in [0.4, 0.5) is 4.39 Å². The van der Waals surface area contributed by atoms with Crippen LogP contribution in [-0.2, 0) is 30.6 Å². The van der Waals surface area contributed by atoms with Crippen LogP contribution < -0.4 is 4.74 Å². The van der Waals surface area contributed by atoms with E-state index in [0.29, 0.717) is 30.7 Å². The number of hydrogen-bond acceptors (Lipinski definition) is 3. The van der Waals surface area contributed by atoms with E-state index in [4.69, 9.17) is 4.74 Å². The molecular weight excluding hydrogens is 337 g/mol. The second-order valence-corrected chi connectivity index (χ2v) is 6.64. The van der Waals surface area contributed by atoms with Crippen molar-refractivity contribution in [3.05, 3.63) is 64.0 Å². The van der Waals surface area contributed by atoms with E-state index in [1.54, 1.807) is 4.90 Å². The molecule has 2 aromatic rings. The number of carbonyl (C=O) groups excluding carboxylic acids is 1. The maximum atomic E-state index is 14.0. The third kappa shape index (κ3) is 2.92. The quantitative estimate of drug-likeness (QED) is 0.919. The second kappa shape index (κ2) is 6.44. The highest BCUT2D eigenvalue weighted by Crippen LogP contribution is 2.28. The number of carbonyl (C=O) groups is 2. The third-order valence-electron chi connectivity index (χ3n) is 5.05. The highest BCUT2D eigenvalue weighted by Gasteiger charge is 2.27. The molecule has 0 saturated heterocycles. The van der Waals surface area contributed by atoms with E-state index in [0.717, 1.165) is 23.3 Å². The molecule has 0 spiro atoms. The van der Waals surface area contributed by atoms with Crippen LogP contribution in [0.3, 0.4) is 0 Å². The molecule has 2 aliphatic rings. The van der Waals surface area contributed by atoms with E-state index in [-0.39, 0.29) is 24.4 Å². The van der Waals surface area contributed by atoms with E-state index in [9.17, 15) is 19.1 Å². The van der Waals surface area contributed by atoms with E-state index >= 15 is 0 Å². The fourth-order valence-corrected chi connectivity index (χ4v) is 3.68. The lowest BCUT2D eigenvalue weighted by atomic mass is 9.93. The van der Waals surface area contributed by atoms with Gasteiger partial charge in [-0.2, -0.15) is 0 Å². The number of halogens is 1. The minimum absolute atomic E-state index is 0.0635. The lowest BCUT2D eigenvalue weighted by Crippen LogP contribution is -2.38. The SMILES string of the molecule is O=C(O)c1ccc(F)c2c1CN(C(=O)Cc1ccc3c(c1)CCO3)CC2. The summed E-state index contributed by atoms with van der Waals surface area (Å²) >= 11 is 0. The minimum Gasteiger partial charge on any atom is -0.493 e. The zero-order valence-electron chi connectivity index (χ0n) is 14.1. The van der Waals surface area contributed by atoms with Crippen molar-refractivity contribution in [2.24, 2.45) is 0 Å². The molecule has 0 aliphatic carbocycles.